The van der Waals surface area contributed by atoms with E-state index in [1.165, 1.54) is 6.92 Å². The fourth-order valence-electron chi connectivity index (χ4n) is 1.16. The van der Waals surface area contributed by atoms with Crippen molar-refractivity contribution in [1.29, 1.82) is 0 Å². The number of carbonyl (C=O) groups is 2. The summed E-state index contributed by atoms with van der Waals surface area (Å²) in [7, 11) is 0. The number of esters is 1. The van der Waals surface area contributed by atoms with E-state index in [1.807, 2.05) is 5.32 Å². The highest BCUT2D eigenvalue weighted by molar-refractivity contribution is 5.95. The number of amides is 1. The Labute approximate surface area is 101 Å². The second-order valence-electron chi connectivity index (χ2n) is 3.46. The van der Waals surface area contributed by atoms with Gasteiger partial charge in [-0.25, -0.2) is 13.2 Å². The Morgan fingerprint density at radius 1 is 1.22 bits per heavy atom. The third-order valence-corrected chi connectivity index (χ3v) is 2.01. The lowest BCUT2D eigenvalue weighted by molar-refractivity contribution is -0.150. The van der Waals surface area contributed by atoms with Crippen molar-refractivity contribution < 1.29 is 27.5 Å². The van der Waals surface area contributed by atoms with Gasteiger partial charge in [-0.1, -0.05) is 0 Å². The van der Waals surface area contributed by atoms with Gasteiger partial charge in [0.1, 0.15) is 0 Å². The van der Waals surface area contributed by atoms with Crippen molar-refractivity contribution in [2.45, 2.75) is 20.0 Å². The van der Waals surface area contributed by atoms with E-state index in [0.717, 1.165) is 13.0 Å². The van der Waals surface area contributed by atoms with Crippen molar-refractivity contribution in [2.75, 3.05) is 5.32 Å². The highest BCUT2D eigenvalue weighted by Crippen LogP contribution is 2.19. The number of carbonyl (C=O) groups excluding carboxylic acids is 2. The standard InChI is InChI=1S/C11H10F3NO3/c1-5(18-6(2)16)11(17)15-8-4-3-7(12)9(13)10(8)14/h3-5H,1-2H3,(H,15,17)/t5-/m1/s1. The molecule has 1 amide bonds. The normalized spacial score (nSPS) is 11.8. The third-order valence-electron chi connectivity index (χ3n) is 2.01. The number of halogens is 3. The first kappa shape index (κ1) is 14.0. The molecule has 0 saturated carbocycles. The molecule has 0 aliphatic rings. The van der Waals surface area contributed by atoms with Gasteiger partial charge in [-0.3, -0.25) is 9.59 Å². The van der Waals surface area contributed by atoms with E-state index in [0.29, 0.717) is 6.07 Å². The van der Waals surface area contributed by atoms with E-state index in [9.17, 15) is 22.8 Å². The largest absolute Gasteiger partial charge is 0.453 e. The molecule has 1 atom stereocenters. The van der Waals surface area contributed by atoms with E-state index in [1.54, 1.807) is 0 Å². The van der Waals surface area contributed by atoms with Crippen LogP contribution in [0.15, 0.2) is 12.1 Å². The zero-order chi connectivity index (χ0) is 13.9. The highest BCUT2D eigenvalue weighted by atomic mass is 19.2. The van der Waals surface area contributed by atoms with Gasteiger partial charge in [0.05, 0.1) is 5.69 Å². The van der Waals surface area contributed by atoms with Gasteiger partial charge in [-0.05, 0) is 19.1 Å². The van der Waals surface area contributed by atoms with E-state index in [2.05, 4.69) is 4.74 Å². The van der Waals surface area contributed by atoms with E-state index in [-0.39, 0.29) is 0 Å². The minimum Gasteiger partial charge on any atom is -0.453 e. The lowest BCUT2D eigenvalue weighted by Gasteiger charge is -2.12. The molecule has 0 saturated heterocycles. The highest BCUT2D eigenvalue weighted by Gasteiger charge is 2.19. The summed E-state index contributed by atoms with van der Waals surface area (Å²) in [6.45, 7) is 2.36. The van der Waals surface area contributed by atoms with Gasteiger partial charge in [-0.2, -0.15) is 0 Å². The van der Waals surface area contributed by atoms with Crippen LogP contribution in [0.3, 0.4) is 0 Å². The summed E-state index contributed by atoms with van der Waals surface area (Å²) in [4.78, 5) is 22.0. The molecule has 7 heteroatoms. The number of anilines is 1. The average molecular weight is 261 g/mol. The molecule has 0 unspecified atom stereocenters. The SMILES string of the molecule is CC(=O)O[C@H](C)C(=O)Nc1ccc(F)c(F)c1F. The quantitative estimate of drug-likeness (QED) is 0.668. The smallest absolute Gasteiger partial charge is 0.303 e. The molecule has 0 bridgehead atoms. The number of benzene rings is 1. The summed E-state index contributed by atoms with van der Waals surface area (Å²) in [5.74, 6) is -6.11. The van der Waals surface area contributed by atoms with Gasteiger partial charge in [0.2, 0.25) is 0 Å². The van der Waals surface area contributed by atoms with Crippen molar-refractivity contribution in [2.24, 2.45) is 0 Å². The minimum absolute atomic E-state index is 0.530. The van der Waals surface area contributed by atoms with Crippen molar-refractivity contribution in [3.63, 3.8) is 0 Å². The van der Waals surface area contributed by atoms with Gasteiger partial charge < -0.3 is 10.1 Å². The van der Waals surface area contributed by atoms with Crippen LogP contribution in [0, 0.1) is 17.5 Å². The first-order chi connectivity index (χ1) is 8.32. The summed E-state index contributed by atoms with van der Waals surface area (Å²) < 4.78 is 43.2. The zero-order valence-electron chi connectivity index (χ0n) is 9.59. The average Bonchev–Trinajstić information content (AvgIpc) is 2.29. The molecular weight excluding hydrogens is 251 g/mol. The lowest BCUT2D eigenvalue weighted by atomic mass is 10.2. The predicted molar refractivity (Wildman–Crippen MR) is 56.2 cm³/mol. The molecule has 1 aromatic carbocycles. The lowest BCUT2D eigenvalue weighted by Crippen LogP contribution is -2.29. The molecule has 4 nitrogen and oxygen atoms in total. The molecule has 1 rings (SSSR count). The molecule has 1 N–H and O–H groups in total. The van der Waals surface area contributed by atoms with Crippen molar-refractivity contribution >= 4 is 17.6 Å². The summed E-state index contributed by atoms with van der Waals surface area (Å²) in [6.07, 6.45) is -1.17. The summed E-state index contributed by atoms with van der Waals surface area (Å²) in [6, 6.07) is 1.54. The van der Waals surface area contributed by atoms with Crippen molar-refractivity contribution in [1.82, 2.24) is 0 Å². The Morgan fingerprint density at radius 3 is 2.39 bits per heavy atom. The van der Waals surface area contributed by atoms with Crippen LogP contribution in [0.5, 0.6) is 0 Å². The van der Waals surface area contributed by atoms with Gasteiger partial charge >= 0.3 is 5.97 Å². The number of hydrogen-bond acceptors (Lipinski definition) is 3. The van der Waals surface area contributed by atoms with Crippen LogP contribution in [-0.2, 0) is 14.3 Å². The molecule has 1 aromatic rings. The first-order valence-electron chi connectivity index (χ1n) is 4.94. The third kappa shape index (κ3) is 3.22. The van der Waals surface area contributed by atoms with Crippen molar-refractivity contribution in [3.05, 3.63) is 29.6 Å². The van der Waals surface area contributed by atoms with Crippen LogP contribution < -0.4 is 5.32 Å². The fraction of sp³-hybridized carbons (Fsp3) is 0.273. The predicted octanol–water partition coefficient (Wildman–Crippen LogP) is 1.99. The topological polar surface area (TPSA) is 55.4 Å². The molecule has 0 spiro atoms. The van der Waals surface area contributed by atoms with E-state index < -0.39 is 41.1 Å². The molecule has 0 radical (unpaired) electrons. The number of nitrogens with one attached hydrogen (secondary N) is 1. The number of hydrogen-bond donors (Lipinski definition) is 1. The molecule has 0 heterocycles. The van der Waals surface area contributed by atoms with Crippen LogP contribution in [0.25, 0.3) is 0 Å². The van der Waals surface area contributed by atoms with Crippen LogP contribution >= 0.6 is 0 Å². The van der Waals surface area contributed by atoms with Crippen LogP contribution in [0.4, 0.5) is 18.9 Å². The van der Waals surface area contributed by atoms with Crippen LogP contribution in [0.2, 0.25) is 0 Å². The van der Waals surface area contributed by atoms with Gasteiger partial charge in [0.25, 0.3) is 5.91 Å². The first-order valence-corrected chi connectivity index (χ1v) is 4.94. The molecule has 0 aromatic heterocycles. The van der Waals surface area contributed by atoms with E-state index in [4.69, 9.17) is 0 Å². The Kier molecular flexibility index (Phi) is 4.30. The Morgan fingerprint density at radius 2 is 1.83 bits per heavy atom. The second-order valence-corrected chi connectivity index (χ2v) is 3.46. The van der Waals surface area contributed by atoms with Gasteiger partial charge in [0, 0.05) is 6.92 Å². The summed E-state index contributed by atoms with van der Waals surface area (Å²) in [5, 5.41) is 1.99. The molecular formula is C11H10F3NO3. The van der Waals surface area contributed by atoms with Crippen LogP contribution in [-0.4, -0.2) is 18.0 Å². The summed E-state index contributed by atoms with van der Waals surface area (Å²) >= 11 is 0. The Hall–Kier alpha value is -2.05. The fourth-order valence-corrected chi connectivity index (χ4v) is 1.16. The van der Waals surface area contributed by atoms with Gasteiger partial charge in [-0.15, -0.1) is 0 Å². The Bertz CT molecular complexity index is 491. The Balaban J connectivity index is 2.82. The van der Waals surface area contributed by atoms with Crippen molar-refractivity contribution in [3.8, 4) is 0 Å². The maximum absolute atomic E-state index is 13.2. The molecule has 18 heavy (non-hydrogen) atoms. The molecule has 0 aliphatic carbocycles. The number of ether oxygens (including phenoxy) is 1. The maximum Gasteiger partial charge on any atom is 0.303 e. The molecule has 0 fully saturated rings. The molecule has 0 aliphatic heterocycles. The zero-order valence-corrected chi connectivity index (χ0v) is 9.59. The second kappa shape index (κ2) is 5.52. The van der Waals surface area contributed by atoms with Crippen LogP contribution in [0.1, 0.15) is 13.8 Å². The maximum atomic E-state index is 13.2. The minimum atomic E-state index is -1.69. The van der Waals surface area contributed by atoms with Gasteiger partial charge in [0.15, 0.2) is 23.6 Å². The monoisotopic (exact) mass is 261 g/mol. The summed E-state index contributed by atoms with van der Waals surface area (Å²) in [5.41, 5.74) is -0.530. The van der Waals surface area contributed by atoms with E-state index >= 15 is 0 Å². The number of rotatable bonds is 3. The molecule has 98 valence electrons.